The third kappa shape index (κ3) is 7.96. The number of hydrogen-bond acceptors (Lipinski definition) is 3. The van der Waals surface area contributed by atoms with Crippen LogP contribution in [0.15, 0.2) is 176 Å². The maximum atomic E-state index is 5.05. The van der Waals surface area contributed by atoms with Gasteiger partial charge in [-0.05, 0) is 104 Å². The Labute approximate surface area is 388 Å². The molecule has 9 rings (SSSR count). The Morgan fingerprint density at radius 2 is 0.938 bits per heavy atom. The molecule has 0 aliphatic carbocycles. The van der Waals surface area contributed by atoms with Gasteiger partial charge in [-0.2, -0.15) is 0 Å². The molecular formula is C61H66N4. The summed E-state index contributed by atoms with van der Waals surface area (Å²) in [4.78, 5) is 10.1. The normalized spacial score (nSPS) is 14.1. The molecule has 0 saturated heterocycles. The first kappa shape index (κ1) is 43.8. The van der Waals surface area contributed by atoms with E-state index in [0.29, 0.717) is 6.67 Å². The monoisotopic (exact) mass is 855 g/mol. The van der Waals surface area contributed by atoms with Crippen LogP contribution >= 0.6 is 0 Å². The zero-order valence-corrected chi connectivity index (χ0v) is 40.7. The Morgan fingerprint density at radius 3 is 1.54 bits per heavy atom. The van der Waals surface area contributed by atoms with Gasteiger partial charge < -0.3 is 9.80 Å². The minimum absolute atomic E-state index is 0.0167. The lowest BCUT2D eigenvalue weighted by Gasteiger charge is -2.38. The fourth-order valence-corrected chi connectivity index (χ4v) is 9.85. The summed E-state index contributed by atoms with van der Waals surface area (Å²) in [5, 5.41) is 2.42. The maximum absolute atomic E-state index is 5.05. The summed E-state index contributed by atoms with van der Waals surface area (Å²) in [7, 11) is 0. The van der Waals surface area contributed by atoms with Gasteiger partial charge >= 0.3 is 0 Å². The van der Waals surface area contributed by atoms with Crippen LogP contribution in [0.1, 0.15) is 122 Å². The zero-order chi connectivity index (χ0) is 46.1. The van der Waals surface area contributed by atoms with Crippen LogP contribution in [0.4, 0.5) is 11.4 Å². The van der Waals surface area contributed by atoms with Crippen LogP contribution in [-0.4, -0.2) is 16.2 Å². The van der Waals surface area contributed by atoms with Gasteiger partial charge in [0.1, 0.15) is 5.82 Å². The van der Waals surface area contributed by atoms with Gasteiger partial charge in [-0.15, -0.1) is 0 Å². The standard InChI is InChI=1S/C61H66N4/c1-57(2,3)44-32-33-62-56(39-44)65-53-29-20-19-28-51(53)52-31-30-46(38-54(52)65)61(42-22-15-13-16-23-42,43-24-17-14-18-25-43)45-26-21-27-49(35-45)64-41-63(40-55(64)60(10,11)12)50-36-47(58(4,5)6)34-48(37-50)59(7,8)9/h13-40H,41H2,1-12H3. The predicted molar refractivity (Wildman–Crippen MR) is 277 cm³/mol. The molecule has 2 aromatic heterocycles. The Balaban J connectivity index is 1.27. The lowest BCUT2D eigenvalue weighted by atomic mass is 9.65. The summed E-state index contributed by atoms with van der Waals surface area (Å²) in [5.74, 6) is 0.926. The molecule has 6 aromatic carbocycles. The molecule has 1 aliphatic heterocycles. The van der Waals surface area contributed by atoms with Crippen molar-refractivity contribution in [3.63, 3.8) is 0 Å². The number of fused-ring (bicyclic) bond motifs is 3. The summed E-state index contributed by atoms with van der Waals surface area (Å²) >= 11 is 0. The van der Waals surface area contributed by atoms with Gasteiger partial charge in [0.25, 0.3) is 0 Å². The second kappa shape index (κ2) is 15.9. The molecule has 0 spiro atoms. The van der Waals surface area contributed by atoms with E-state index in [-0.39, 0.29) is 21.7 Å². The molecule has 0 unspecified atom stereocenters. The third-order valence-electron chi connectivity index (χ3n) is 13.6. The predicted octanol–water partition coefficient (Wildman–Crippen LogP) is 15.6. The summed E-state index contributed by atoms with van der Waals surface area (Å²) < 4.78 is 2.37. The van der Waals surface area contributed by atoms with Gasteiger partial charge in [-0.1, -0.05) is 192 Å². The van der Waals surface area contributed by atoms with Crippen molar-refractivity contribution in [2.24, 2.45) is 5.41 Å². The smallest absolute Gasteiger partial charge is 0.137 e. The zero-order valence-electron chi connectivity index (χ0n) is 40.7. The molecule has 0 amide bonds. The molecule has 65 heavy (non-hydrogen) atoms. The van der Waals surface area contributed by atoms with Crippen molar-refractivity contribution in [1.29, 1.82) is 0 Å². The molecule has 330 valence electrons. The highest BCUT2D eigenvalue weighted by molar-refractivity contribution is 6.09. The highest BCUT2D eigenvalue weighted by Gasteiger charge is 2.40. The second-order valence-electron chi connectivity index (χ2n) is 22.3. The van der Waals surface area contributed by atoms with E-state index in [0.717, 1.165) is 16.9 Å². The van der Waals surface area contributed by atoms with Crippen LogP contribution in [0.25, 0.3) is 27.6 Å². The Kier molecular flexibility index (Phi) is 10.8. The quantitative estimate of drug-likeness (QED) is 0.149. The number of para-hydroxylation sites is 1. The Bertz CT molecular complexity index is 2980. The summed E-state index contributed by atoms with van der Waals surface area (Å²) in [6.45, 7) is 28.5. The highest BCUT2D eigenvalue weighted by atomic mass is 15.4. The van der Waals surface area contributed by atoms with E-state index in [1.807, 2.05) is 6.20 Å². The van der Waals surface area contributed by atoms with Crippen molar-refractivity contribution in [3.8, 4) is 5.82 Å². The topological polar surface area (TPSA) is 24.3 Å². The number of hydrogen-bond donors (Lipinski definition) is 0. The lowest BCUT2D eigenvalue weighted by Crippen LogP contribution is -2.33. The number of benzene rings is 6. The van der Waals surface area contributed by atoms with Crippen molar-refractivity contribution < 1.29 is 0 Å². The first-order valence-electron chi connectivity index (χ1n) is 23.4. The minimum Gasteiger partial charge on any atom is -0.328 e. The molecule has 1 aliphatic rings. The van der Waals surface area contributed by atoms with Crippen molar-refractivity contribution in [2.75, 3.05) is 16.5 Å². The van der Waals surface area contributed by atoms with Crippen LogP contribution in [0.3, 0.4) is 0 Å². The SMILES string of the molecule is CC(C)(C)C1=CN(c2cc(C(C)(C)C)cc(C(C)(C)C)c2)CN1c1cccc(C(c2ccccc2)(c2ccccc2)c2ccc3c4ccccc4n(-c4cc(C(C)(C)C)ccn4)c3c2)c1. The molecule has 0 atom stereocenters. The molecule has 0 N–H and O–H groups in total. The molecular weight excluding hydrogens is 789 g/mol. The largest absolute Gasteiger partial charge is 0.328 e. The summed E-state index contributed by atoms with van der Waals surface area (Å²) in [6, 6.07) is 59.2. The van der Waals surface area contributed by atoms with Gasteiger partial charge in [0.15, 0.2) is 0 Å². The van der Waals surface area contributed by atoms with Gasteiger partial charge in [-0.3, -0.25) is 4.57 Å². The molecule has 4 nitrogen and oxygen atoms in total. The fourth-order valence-electron chi connectivity index (χ4n) is 9.85. The van der Waals surface area contributed by atoms with E-state index in [2.05, 4.69) is 261 Å². The van der Waals surface area contributed by atoms with Crippen LogP contribution in [-0.2, 0) is 21.7 Å². The van der Waals surface area contributed by atoms with E-state index in [1.54, 1.807) is 0 Å². The molecule has 0 radical (unpaired) electrons. The summed E-state index contributed by atoms with van der Waals surface area (Å²) in [5.41, 5.74) is 14.0. The summed E-state index contributed by atoms with van der Waals surface area (Å²) in [6.07, 6.45) is 4.37. The molecule has 0 saturated carbocycles. The van der Waals surface area contributed by atoms with Crippen molar-refractivity contribution in [1.82, 2.24) is 9.55 Å². The number of aromatic nitrogens is 2. The van der Waals surface area contributed by atoms with Crippen molar-refractivity contribution in [2.45, 2.75) is 105 Å². The number of rotatable bonds is 7. The van der Waals surface area contributed by atoms with Crippen molar-refractivity contribution in [3.05, 3.63) is 215 Å². The Morgan fingerprint density at radius 1 is 0.400 bits per heavy atom. The molecule has 3 heterocycles. The first-order chi connectivity index (χ1) is 30.7. The molecule has 8 aromatic rings. The lowest BCUT2D eigenvalue weighted by molar-refractivity contribution is 0.492. The average Bonchev–Trinajstić information content (AvgIpc) is 3.88. The molecule has 0 bridgehead atoms. The number of pyridine rings is 1. The molecule has 4 heteroatoms. The second-order valence-corrected chi connectivity index (χ2v) is 22.3. The van der Waals surface area contributed by atoms with Crippen molar-refractivity contribution >= 4 is 33.2 Å². The highest BCUT2D eigenvalue weighted by Crippen LogP contribution is 2.49. The van der Waals surface area contributed by atoms with E-state index in [4.69, 9.17) is 4.98 Å². The third-order valence-corrected chi connectivity index (χ3v) is 13.6. The first-order valence-corrected chi connectivity index (χ1v) is 23.4. The average molecular weight is 855 g/mol. The van der Waals surface area contributed by atoms with Gasteiger partial charge in [0.2, 0.25) is 0 Å². The molecule has 0 fully saturated rings. The minimum atomic E-state index is -0.678. The van der Waals surface area contributed by atoms with E-state index in [1.165, 1.54) is 66.8 Å². The number of nitrogens with zero attached hydrogens (tertiary/aromatic N) is 4. The van der Waals surface area contributed by atoms with Crippen LogP contribution < -0.4 is 9.80 Å². The van der Waals surface area contributed by atoms with Gasteiger partial charge in [-0.25, -0.2) is 4.98 Å². The van der Waals surface area contributed by atoms with Crippen LogP contribution in [0.5, 0.6) is 0 Å². The fraction of sp³-hybridized carbons (Fsp3) is 0.295. The number of allylic oxidation sites excluding steroid dienone is 1. The van der Waals surface area contributed by atoms with Crippen LogP contribution in [0.2, 0.25) is 0 Å². The van der Waals surface area contributed by atoms with E-state index in [9.17, 15) is 0 Å². The number of anilines is 2. The maximum Gasteiger partial charge on any atom is 0.137 e. The van der Waals surface area contributed by atoms with Crippen LogP contribution in [0, 0.1) is 5.41 Å². The van der Waals surface area contributed by atoms with E-state index < -0.39 is 5.41 Å². The van der Waals surface area contributed by atoms with E-state index >= 15 is 0 Å². The van der Waals surface area contributed by atoms with Gasteiger partial charge in [0.05, 0.1) is 23.1 Å². The Hall–Kier alpha value is -6.39. The van der Waals surface area contributed by atoms with Gasteiger partial charge in [0, 0.05) is 45.7 Å².